The molecule has 130 valence electrons. The van der Waals surface area contributed by atoms with E-state index in [0.717, 1.165) is 4.90 Å². The molecule has 1 atom stereocenters. The lowest BCUT2D eigenvalue weighted by molar-refractivity contribution is -0.157. The number of anilines is 1. The van der Waals surface area contributed by atoms with Crippen LogP contribution in [0.1, 0.15) is 12.0 Å². The molecule has 2 aromatic rings. The Morgan fingerprint density at radius 1 is 1.40 bits per heavy atom. The Morgan fingerprint density at radius 3 is 2.84 bits per heavy atom. The second-order valence-corrected chi connectivity index (χ2v) is 6.13. The van der Waals surface area contributed by atoms with Crippen molar-refractivity contribution in [3.05, 3.63) is 34.9 Å². The van der Waals surface area contributed by atoms with E-state index in [1.54, 1.807) is 18.2 Å². The summed E-state index contributed by atoms with van der Waals surface area (Å²) in [6, 6.07) is 7.55. The molecule has 1 aromatic heterocycles. The summed E-state index contributed by atoms with van der Waals surface area (Å²) in [5, 5.41) is 13.1. The Morgan fingerprint density at radius 2 is 2.16 bits per heavy atom. The SMILES string of the molecule is N#Cc1cc(NC2CCN(CC(F)(F)F)C2=O)nc2ccc(Cl)cc12. The average molecular weight is 369 g/mol. The highest BCUT2D eigenvalue weighted by molar-refractivity contribution is 6.31. The summed E-state index contributed by atoms with van der Waals surface area (Å²) in [5.41, 5.74) is 0.816. The van der Waals surface area contributed by atoms with Gasteiger partial charge in [-0.15, -0.1) is 0 Å². The van der Waals surface area contributed by atoms with Crippen molar-refractivity contribution in [2.45, 2.75) is 18.6 Å². The highest BCUT2D eigenvalue weighted by Gasteiger charge is 2.39. The number of benzene rings is 1. The molecule has 2 heterocycles. The van der Waals surface area contributed by atoms with E-state index in [1.165, 1.54) is 6.07 Å². The maximum absolute atomic E-state index is 12.5. The maximum Gasteiger partial charge on any atom is 0.406 e. The van der Waals surface area contributed by atoms with E-state index in [2.05, 4.69) is 10.3 Å². The topological polar surface area (TPSA) is 69.0 Å². The first-order chi connectivity index (χ1) is 11.8. The smallest absolute Gasteiger partial charge is 0.358 e. The summed E-state index contributed by atoms with van der Waals surface area (Å²) in [5.74, 6) is -0.368. The zero-order valence-corrected chi connectivity index (χ0v) is 13.5. The molecule has 1 aliphatic rings. The lowest BCUT2D eigenvalue weighted by atomic mass is 10.1. The Balaban J connectivity index is 1.83. The molecule has 1 unspecified atom stereocenters. The van der Waals surface area contributed by atoms with Crippen LogP contribution in [0.25, 0.3) is 10.9 Å². The molecular weight excluding hydrogens is 357 g/mol. The second kappa shape index (κ2) is 6.41. The van der Waals surface area contributed by atoms with Crippen LogP contribution in [-0.4, -0.2) is 41.1 Å². The molecule has 0 bridgehead atoms. The monoisotopic (exact) mass is 368 g/mol. The number of rotatable bonds is 3. The number of fused-ring (bicyclic) bond motifs is 1. The predicted octanol–water partition coefficient (Wildman–Crippen LogP) is 3.33. The van der Waals surface area contributed by atoms with E-state index in [4.69, 9.17) is 11.6 Å². The Hall–Kier alpha value is -2.53. The van der Waals surface area contributed by atoms with Crippen molar-refractivity contribution in [1.82, 2.24) is 9.88 Å². The van der Waals surface area contributed by atoms with E-state index < -0.39 is 24.7 Å². The van der Waals surface area contributed by atoms with Crippen LogP contribution in [0.2, 0.25) is 5.02 Å². The van der Waals surface area contributed by atoms with Crippen LogP contribution in [0, 0.1) is 11.3 Å². The van der Waals surface area contributed by atoms with E-state index in [9.17, 15) is 23.2 Å². The number of nitrogens with zero attached hydrogens (tertiary/aromatic N) is 3. The Bertz CT molecular complexity index is 878. The molecule has 9 heteroatoms. The number of halogens is 4. The van der Waals surface area contributed by atoms with Crippen LogP contribution in [-0.2, 0) is 4.79 Å². The fraction of sp³-hybridized carbons (Fsp3) is 0.312. The quantitative estimate of drug-likeness (QED) is 0.902. The van der Waals surface area contributed by atoms with Gasteiger partial charge in [0.1, 0.15) is 18.4 Å². The van der Waals surface area contributed by atoms with Crippen molar-refractivity contribution in [1.29, 1.82) is 5.26 Å². The minimum atomic E-state index is -4.43. The van der Waals surface area contributed by atoms with Gasteiger partial charge in [0.25, 0.3) is 0 Å². The van der Waals surface area contributed by atoms with Gasteiger partial charge in [0.05, 0.1) is 17.1 Å². The van der Waals surface area contributed by atoms with E-state index in [-0.39, 0.29) is 18.8 Å². The summed E-state index contributed by atoms with van der Waals surface area (Å²) in [4.78, 5) is 17.2. The van der Waals surface area contributed by atoms with Gasteiger partial charge < -0.3 is 10.2 Å². The van der Waals surface area contributed by atoms with E-state index in [1.807, 2.05) is 6.07 Å². The Kier molecular flexibility index (Phi) is 4.43. The second-order valence-electron chi connectivity index (χ2n) is 5.69. The number of hydrogen-bond acceptors (Lipinski definition) is 4. The zero-order chi connectivity index (χ0) is 18.2. The van der Waals surface area contributed by atoms with Crippen LogP contribution in [0.15, 0.2) is 24.3 Å². The van der Waals surface area contributed by atoms with Crippen LogP contribution in [0.3, 0.4) is 0 Å². The highest BCUT2D eigenvalue weighted by Crippen LogP contribution is 2.26. The zero-order valence-electron chi connectivity index (χ0n) is 12.8. The number of nitrogens with one attached hydrogen (secondary N) is 1. The lowest BCUT2D eigenvalue weighted by Gasteiger charge is -2.19. The van der Waals surface area contributed by atoms with Crippen molar-refractivity contribution < 1.29 is 18.0 Å². The minimum absolute atomic E-state index is 0.0182. The molecule has 5 nitrogen and oxygen atoms in total. The van der Waals surface area contributed by atoms with Gasteiger partial charge in [-0.25, -0.2) is 4.98 Å². The third kappa shape index (κ3) is 3.77. The first kappa shape index (κ1) is 17.3. The van der Waals surface area contributed by atoms with Crippen molar-refractivity contribution in [2.75, 3.05) is 18.4 Å². The molecule has 1 aliphatic heterocycles. The number of carbonyl (C=O) groups is 1. The highest BCUT2D eigenvalue weighted by atomic mass is 35.5. The summed E-state index contributed by atoms with van der Waals surface area (Å²) >= 11 is 5.92. The van der Waals surface area contributed by atoms with Gasteiger partial charge in [-0.2, -0.15) is 18.4 Å². The van der Waals surface area contributed by atoms with E-state index in [0.29, 0.717) is 21.5 Å². The summed E-state index contributed by atoms with van der Waals surface area (Å²) < 4.78 is 37.4. The standard InChI is InChI=1S/C16H12ClF3N4O/c17-10-1-2-12-11(6-10)9(7-21)5-14(22-12)23-13-3-4-24(15(13)25)8-16(18,19)20/h1-2,5-6,13H,3-4,8H2,(H,22,23). The number of pyridine rings is 1. The molecule has 0 aliphatic carbocycles. The molecule has 3 rings (SSSR count). The number of amides is 1. The first-order valence-corrected chi connectivity index (χ1v) is 7.77. The van der Waals surface area contributed by atoms with Gasteiger partial charge >= 0.3 is 6.18 Å². The van der Waals surface area contributed by atoms with Gasteiger partial charge in [-0.3, -0.25) is 4.79 Å². The van der Waals surface area contributed by atoms with Gasteiger partial charge in [-0.05, 0) is 30.7 Å². The number of nitriles is 1. The summed E-state index contributed by atoms with van der Waals surface area (Å²) in [6.45, 7) is -1.25. The minimum Gasteiger partial charge on any atom is -0.358 e. The molecular formula is C16H12ClF3N4O. The Labute approximate surface area is 146 Å². The molecule has 1 aromatic carbocycles. The van der Waals surface area contributed by atoms with E-state index >= 15 is 0 Å². The molecule has 1 N–H and O–H groups in total. The molecule has 0 saturated carbocycles. The predicted molar refractivity (Wildman–Crippen MR) is 86.1 cm³/mol. The van der Waals surface area contributed by atoms with Crippen molar-refractivity contribution in [3.63, 3.8) is 0 Å². The van der Waals surface area contributed by atoms with Crippen LogP contribution >= 0.6 is 11.6 Å². The number of aromatic nitrogens is 1. The number of carbonyl (C=O) groups excluding carboxylic acids is 1. The fourth-order valence-electron chi connectivity index (χ4n) is 2.79. The third-order valence-corrected chi connectivity index (χ3v) is 4.12. The van der Waals surface area contributed by atoms with Crippen LogP contribution < -0.4 is 5.32 Å². The fourth-order valence-corrected chi connectivity index (χ4v) is 2.96. The first-order valence-electron chi connectivity index (χ1n) is 7.39. The third-order valence-electron chi connectivity index (χ3n) is 3.88. The molecule has 0 spiro atoms. The average Bonchev–Trinajstić information content (AvgIpc) is 2.86. The van der Waals surface area contributed by atoms with Gasteiger partial charge in [0, 0.05) is 17.0 Å². The van der Waals surface area contributed by atoms with Crippen molar-refractivity contribution >= 4 is 34.2 Å². The molecule has 0 radical (unpaired) electrons. The molecule has 25 heavy (non-hydrogen) atoms. The van der Waals surface area contributed by atoms with Crippen LogP contribution in [0.5, 0.6) is 0 Å². The molecule has 1 amide bonds. The molecule has 1 fully saturated rings. The van der Waals surface area contributed by atoms with Gasteiger partial charge in [0.2, 0.25) is 5.91 Å². The number of likely N-dealkylation sites (tertiary alicyclic amines) is 1. The summed E-state index contributed by atoms with van der Waals surface area (Å²) in [6.07, 6.45) is -4.20. The normalized spacial score (nSPS) is 17.8. The largest absolute Gasteiger partial charge is 0.406 e. The van der Waals surface area contributed by atoms with Gasteiger partial charge in [-0.1, -0.05) is 11.6 Å². The number of alkyl halides is 3. The van der Waals surface area contributed by atoms with Crippen molar-refractivity contribution in [3.8, 4) is 6.07 Å². The summed E-state index contributed by atoms with van der Waals surface area (Å²) in [7, 11) is 0. The maximum atomic E-state index is 12.5. The number of hydrogen-bond donors (Lipinski definition) is 1. The van der Waals surface area contributed by atoms with Crippen molar-refractivity contribution in [2.24, 2.45) is 0 Å². The van der Waals surface area contributed by atoms with Gasteiger partial charge in [0.15, 0.2) is 0 Å². The van der Waals surface area contributed by atoms with Crippen LogP contribution in [0.4, 0.5) is 19.0 Å². The lowest BCUT2D eigenvalue weighted by Crippen LogP contribution is -2.39. The molecule has 1 saturated heterocycles.